The lowest BCUT2D eigenvalue weighted by atomic mass is 10.1. The molecule has 0 radical (unpaired) electrons. The molecule has 1 aliphatic rings. The first-order valence-corrected chi connectivity index (χ1v) is 6.38. The molecule has 2 N–H and O–H groups in total. The lowest BCUT2D eigenvalue weighted by Crippen LogP contribution is -2.46. The molecule has 0 aliphatic carbocycles. The number of aromatic nitrogens is 1. The Bertz CT molecular complexity index is 672. The van der Waals surface area contributed by atoms with Crippen molar-refractivity contribution in [2.24, 2.45) is 0 Å². The van der Waals surface area contributed by atoms with Gasteiger partial charge in [-0.15, -0.1) is 0 Å². The normalized spacial score (nSPS) is 15.7. The van der Waals surface area contributed by atoms with Crippen LogP contribution in [0.1, 0.15) is 10.4 Å². The number of aromatic amines is 1. The highest BCUT2D eigenvalue weighted by molar-refractivity contribution is 6.05. The molecular weight excluding hydrogens is 242 g/mol. The summed E-state index contributed by atoms with van der Waals surface area (Å²) >= 11 is 0. The van der Waals surface area contributed by atoms with Crippen molar-refractivity contribution in [2.45, 2.75) is 0 Å². The first-order valence-electron chi connectivity index (χ1n) is 6.38. The van der Waals surface area contributed by atoms with Crippen molar-refractivity contribution in [2.75, 3.05) is 26.2 Å². The molecule has 1 amide bonds. The molecule has 0 unspecified atom stereocenters. The van der Waals surface area contributed by atoms with E-state index in [0.717, 1.165) is 18.5 Å². The Balaban J connectivity index is 2.08. The van der Waals surface area contributed by atoms with Crippen LogP contribution in [0.25, 0.3) is 10.9 Å². The Kier molecular flexibility index (Phi) is 3.05. The Morgan fingerprint density at radius 1 is 1.16 bits per heavy atom. The van der Waals surface area contributed by atoms with Gasteiger partial charge in [-0.2, -0.15) is 0 Å². The number of benzene rings is 1. The average molecular weight is 257 g/mol. The molecule has 2 aromatic rings. The van der Waals surface area contributed by atoms with Gasteiger partial charge in [0.25, 0.3) is 5.91 Å². The monoisotopic (exact) mass is 257 g/mol. The van der Waals surface area contributed by atoms with Gasteiger partial charge in [-0.1, -0.05) is 18.2 Å². The molecule has 0 atom stereocenters. The van der Waals surface area contributed by atoms with Gasteiger partial charge >= 0.3 is 0 Å². The van der Waals surface area contributed by atoms with Crippen molar-refractivity contribution in [3.05, 3.63) is 46.2 Å². The van der Waals surface area contributed by atoms with E-state index < -0.39 is 0 Å². The van der Waals surface area contributed by atoms with Crippen LogP contribution in [0.15, 0.2) is 35.1 Å². The molecule has 1 aromatic heterocycles. The number of hydrogen-bond donors (Lipinski definition) is 2. The van der Waals surface area contributed by atoms with E-state index in [1.165, 1.54) is 6.07 Å². The number of pyridine rings is 1. The number of nitrogens with zero attached hydrogens (tertiary/aromatic N) is 1. The van der Waals surface area contributed by atoms with Crippen LogP contribution in [0.5, 0.6) is 0 Å². The van der Waals surface area contributed by atoms with Crippen molar-refractivity contribution in [3.8, 4) is 0 Å². The van der Waals surface area contributed by atoms with Gasteiger partial charge in [0.15, 0.2) is 0 Å². The minimum Gasteiger partial charge on any atom is -0.336 e. The Hall–Kier alpha value is -2.14. The molecule has 19 heavy (non-hydrogen) atoms. The zero-order chi connectivity index (χ0) is 13.2. The number of carbonyl (C=O) groups excluding carboxylic acids is 1. The van der Waals surface area contributed by atoms with Gasteiger partial charge in [0.05, 0.1) is 5.56 Å². The summed E-state index contributed by atoms with van der Waals surface area (Å²) in [6, 6.07) is 8.78. The molecular formula is C14H15N3O2. The third-order valence-corrected chi connectivity index (χ3v) is 3.39. The smallest absolute Gasteiger partial charge is 0.254 e. The molecule has 1 saturated heterocycles. The van der Waals surface area contributed by atoms with Crippen LogP contribution in [-0.2, 0) is 0 Å². The molecule has 2 heterocycles. The van der Waals surface area contributed by atoms with Gasteiger partial charge in [-0.3, -0.25) is 9.59 Å². The summed E-state index contributed by atoms with van der Waals surface area (Å²) in [7, 11) is 0. The first-order chi connectivity index (χ1) is 9.25. The summed E-state index contributed by atoms with van der Waals surface area (Å²) in [4.78, 5) is 28.7. The van der Waals surface area contributed by atoms with Gasteiger partial charge in [0.2, 0.25) is 5.56 Å². The van der Waals surface area contributed by atoms with E-state index in [-0.39, 0.29) is 11.5 Å². The maximum atomic E-state index is 12.5. The van der Waals surface area contributed by atoms with Crippen LogP contribution in [-0.4, -0.2) is 42.0 Å². The quantitative estimate of drug-likeness (QED) is 0.785. The molecule has 5 nitrogen and oxygen atoms in total. The highest BCUT2D eigenvalue weighted by Crippen LogP contribution is 2.16. The molecule has 3 rings (SSSR count). The standard InChI is InChI=1S/C14H15N3O2/c18-13-9-11(10-3-1-2-4-12(10)16-13)14(19)17-7-5-15-6-8-17/h1-4,9,15H,5-8H2,(H,16,18). The van der Waals surface area contributed by atoms with E-state index in [9.17, 15) is 9.59 Å². The second-order valence-corrected chi connectivity index (χ2v) is 4.64. The van der Waals surface area contributed by atoms with Crippen LogP contribution in [0.2, 0.25) is 0 Å². The molecule has 5 heteroatoms. The maximum Gasteiger partial charge on any atom is 0.254 e. The lowest BCUT2D eigenvalue weighted by Gasteiger charge is -2.27. The molecule has 1 aromatic carbocycles. The van der Waals surface area contributed by atoms with Gasteiger partial charge in [0, 0.05) is 43.1 Å². The number of carbonyl (C=O) groups is 1. The van der Waals surface area contributed by atoms with Gasteiger partial charge in [0.1, 0.15) is 0 Å². The molecule has 0 spiro atoms. The fourth-order valence-electron chi connectivity index (χ4n) is 2.42. The van der Waals surface area contributed by atoms with Gasteiger partial charge < -0.3 is 15.2 Å². The van der Waals surface area contributed by atoms with Crippen LogP contribution in [0.4, 0.5) is 0 Å². The average Bonchev–Trinajstić information content (AvgIpc) is 2.46. The highest BCUT2D eigenvalue weighted by atomic mass is 16.2. The van der Waals surface area contributed by atoms with Crippen molar-refractivity contribution >= 4 is 16.8 Å². The van der Waals surface area contributed by atoms with E-state index >= 15 is 0 Å². The summed E-state index contributed by atoms with van der Waals surface area (Å²) in [5, 5.41) is 4.00. The van der Waals surface area contributed by atoms with Crippen LogP contribution < -0.4 is 10.9 Å². The second kappa shape index (κ2) is 4.85. The lowest BCUT2D eigenvalue weighted by molar-refractivity contribution is 0.0737. The van der Waals surface area contributed by atoms with E-state index in [1.807, 2.05) is 24.3 Å². The second-order valence-electron chi connectivity index (χ2n) is 4.64. The summed E-state index contributed by atoms with van der Waals surface area (Å²) in [5.41, 5.74) is 0.951. The number of hydrogen-bond acceptors (Lipinski definition) is 3. The predicted molar refractivity (Wildman–Crippen MR) is 73.3 cm³/mol. The maximum absolute atomic E-state index is 12.5. The Morgan fingerprint density at radius 2 is 1.89 bits per heavy atom. The third kappa shape index (κ3) is 2.24. The molecule has 98 valence electrons. The minimum absolute atomic E-state index is 0.0659. The fraction of sp³-hybridized carbons (Fsp3) is 0.286. The number of piperazine rings is 1. The first kappa shape index (κ1) is 11.9. The third-order valence-electron chi connectivity index (χ3n) is 3.39. The van der Waals surface area contributed by atoms with Crippen molar-refractivity contribution in [3.63, 3.8) is 0 Å². The van der Waals surface area contributed by atoms with E-state index in [4.69, 9.17) is 0 Å². The van der Waals surface area contributed by atoms with Crippen molar-refractivity contribution in [1.82, 2.24) is 15.2 Å². The van der Waals surface area contributed by atoms with Gasteiger partial charge in [-0.25, -0.2) is 0 Å². The highest BCUT2D eigenvalue weighted by Gasteiger charge is 2.20. The summed E-state index contributed by atoms with van der Waals surface area (Å²) in [5.74, 6) is -0.0659. The zero-order valence-corrected chi connectivity index (χ0v) is 10.5. The number of fused-ring (bicyclic) bond motifs is 1. The number of amides is 1. The van der Waals surface area contributed by atoms with Gasteiger partial charge in [-0.05, 0) is 6.07 Å². The Morgan fingerprint density at radius 3 is 2.68 bits per heavy atom. The SMILES string of the molecule is O=C(c1cc(=O)[nH]c2ccccc12)N1CCNCC1. The van der Waals surface area contributed by atoms with Crippen LogP contribution in [0, 0.1) is 0 Å². The molecule has 0 bridgehead atoms. The van der Waals surface area contributed by atoms with Crippen LogP contribution in [0.3, 0.4) is 0 Å². The van der Waals surface area contributed by atoms with Crippen molar-refractivity contribution < 1.29 is 4.79 Å². The Labute approximate surface area is 110 Å². The zero-order valence-electron chi connectivity index (χ0n) is 10.5. The van der Waals surface area contributed by atoms with E-state index in [1.54, 1.807) is 4.90 Å². The fourth-order valence-corrected chi connectivity index (χ4v) is 2.42. The summed E-state index contributed by atoms with van der Waals surface area (Å²) in [6.07, 6.45) is 0. The number of nitrogens with one attached hydrogen (secondary N) is 2. The number of para-hydroxylation sites is 1. The number of rotatable bonds is 1. The summed E-state index contributed by atoms with van der Waals surface area (Å²) < 4.78 is 0. The predicted octanol–water partition coefficient (Wildman–Crippen LogP) is 0.573. The molecule has 1 fully saturated rings. The largest absolute Gasteiger partial charge is 0.336 e. The van der Waals surface area contributed by atoms with Crippen molar-refractivity contribution in [1.29, 1.82) is 0 Å². The minimum atomic E-state index is -0.239. The van der Waals surface area contributed by atoms with Crippen LogP contribution >= 0.6 is 0 Å². The molecule has 0 saturated carbocycles. The van der Waals surface area contributed by atoms with E-state index in [0.29, 0.717) is 24.2 Å². The molecule has 1 aliphatic heterocycles. The van der Waals surface area contributed by atoms with E-state index in [2.05, 4.69) is 10.3 Å². The summed E-state index contributed by atoms with van der Waals surface area (Å²) in [6.45, 7) is 2.96. The number of H-pyrrole nitrogens is 1. The topological polar surface area (TPSA) is 65.2 Å².